The van der Waals surface area contributed by atoms with Crippen LogP contribution < -0.4 is 4.74 Å². The second kappa shape index (κ2) is 7.18. The Morgan fingerprint density at radius 3 is 2.52 bits per heavy atom. The lowest BCUT2D eigenvalue weighted by Gasteiger charge is -2.21. The van der Waals surface area contributed by atoms with Crippen LogP contribution in [-0.4, -0.2) is 6.29 Å². The number of ether oxygens (including phenoxy) is 2. The second-order valence-electron chi connectivity index (χ2n) is 6.43. The third kappa shape index (κ3) is 3.76. The van der Waals surface area contributed by atoms with E-state index in [0.717, 1.165) is 25.0 Å². The monoisotopic (exact) mass is 310 g/mol. The van der Waals surface area contributed by atoms with Gasteiger partial charge in [-0.05, 0) is 60.9 Å². The fourth-order valence-electron chi connectivity index (χ4n) is 3.22. The largest absolute Gasteiger partial charge is 0.465 e. The molecule has 2 aromatic rings. The normalized spacial score (nSPS) is 19.2. The molecule has 2 heteroatoms. The van der Waals surface area contributed by atoms with E-state index in [1.54, 1.807) is 0 Å². The SMILES string of the molecule is CCC(C)c1ccc(OC(C)OC2CCc3ccccc32)cc1. The maximum atomic E-state index is 6.12. The molecule has 2 aromatic carbocycles. The summed E-state index contributed by atoms with van der Waals surface area (Å²) in [5, 5.41) is 0. The first-order chi connectivity index (χ1) is 11.2. The minimum Gasteiger partial charge on any atom is -0.465 e. The zero-order chi connectivity index (χ0) is 16.2. The number of aryl methyl sites for hydroxylation is 1. The first-order valence-electron chi connectivity index (χ1n) is 8.67. The summed E-state index contributed by atoms with van der Waals surface area (Å²) < 4.78 is 12.1. The van der Waals surface area contributed by atoms with Gasteiger partial charge in [-0.15, -0.1) is 0 Å². The van der Waals surface area contributed by atoms with Crippen molar-refractivity contribution in [1.29, 1.82) is 0 Å². The number of hydrogen-bond donors (Lipinski definition) is 0. The van der Waals surface area contributed by atoms with Crippen molar-refractivity contribution < 1.29 is 9.47 Å². The van der Waals surface area contributed by atoms with Crippen LogP contribution in [0.1, 0.15) is 62.3 Å². The fraction of sp³-hybridized carbons (Fsp3) is 0.429. The van der Waals surface area contributed by atoms with Gasteiger partial charge in [0.25, 0.3) is 0 Å². The minimum absolute atomic E-state index is 0.153. The molecule has 0 N–H and O–H groups in total. The van der Waals surface area contributed by atoms with Crippen LogP contribution in [-0.2, 0) is 11.2 Å². The number of fused-ring (bicyclic) bond motifs is 1. The highest BCUT2D eigenvalue weighted by Crippen LogP contribution is 2.34. The topological polar surface area (TPSA) is 18.5 Å². The van der Waals surface area contributed by atoms with Crippen LogP contribution in [0.3, 0.4) is 0 Å². The maximum absolute atomic E-state index is 6.12. The Labute approximate surface area is 139 Å². The Hall–Kier alpha value is -1.80. The van der Waals surface area contributed by atoms with Crippen molar-refractivity contribution in [1.82, 2.24) is 0 Å². The van der Waals surface area contributed by atoms with Gasteiger partial charge in [-0.1, -0.05) is 50.2 Å². The highest BCUT2D eigenvalue weighted by Gasteiger charge is 2.24. The lowest BCUT2D eigenvalue weighted by atomic mass is 9.99. The van der Waals surface area contributed by atoms with Gasteiger partial charge in [0.1, 0.15) is 5.75 Å². The molecule has 0 aromatic heterocycles. The summed E-state index contributed by atoms with van der Waals surface area (Å²) in [6.07, 6.45) is 3.19. The van der Waals surface area contributed by atoms with Crippen molar-refractivity contribution in [3.05, 3.63) is 65.2 Å². The molecule has 0 saturated carbocycles. The van der Waals surface area contributed by atoms with Gasteiger partial charge < -0.3 is 9.47 Å². The van der Waals surface area contributed by atoms with Gasteiger partial charge in [0, 0.05) is 0 Å². The molecule has 3 unspecified atom stereocenters. The molecule has 0 aliphatic heterocycles. The molecular weight excluding hydrogens is 284 g/mol. The molecule has 1 aliphatic carbocycles. The Morgan fingerprint density at radius 1 is 1.04 bits per heavy atom. The van der Waals surface area contributed by atoms with E-state index in [2.05, 4.69) is 50.2 Å². The summed E-state index contributed by atoms with van der Waals surface area (Å²) in [7, 11) is 0. The molecule has 3 rings (SSSR count). The van der Waals surface area contributed by atoms with Crippen LogP contribution in [0.2, 0.25) is 0 Å². The van der Waals surface area contributed by atoms with Crippen LogP contribution in [0.25, 0.3) is 0 Å². The van der Waals surface area contributed by atoms with Gasteiger partial charge >= 0.3 is 0 Å². The molecular formula is C21H26O2. The van der Waals surface area contributed by atoms with Gasteiger partial charge in [0.15, 0.2) is 6.29 Å². The molecule has 0 saturated heterocycles. The first-order valence-corrected chi connectivity index (χ1v) is 8.67. The van der Waals surface area contributed by atoms with E-state index >= 15 is 0 Å². The van der Waals surface area contributed by atoms with Gasteiger partial charge in [-0.3, -0.25) is 0 Å². The summed E-state index contributed by atoms with van der Waals surface area (Å²) >= 11 is 0. The molecule has 0 fully saturated rings. The van der Waals surface area contributed by atoms with Crippen molar-refractivity contribution in [2.45, 2.75) is 58.3 Å². The van der Waals surface area contributed by atoms with Crippen molar-refractivity contribution in [2.75, 3.05) is 0 Å². The number of rotatable bonds is 6. The molecule has 0 heterocycles. The number of hydrogen-bond acceptors (Lipinski definition) is 2. The highest BCUT2D eigenvalue weighted by molar-refractivity contribution is 5.33. The third-order valence-electron chi connectivity index (χ3n) is 4.80. The van der Waals surface area contributed by atoms with Crippen molar-refractivity contribution >= 4 is 0 Å². The number of benzene rings is 2. The molecule has 122 valence electrons. The smallest absolute Gasteiger partial charge is 0.197 e. The van der Waals surface area contributed by atoms with Crippen LogP contribution in [0, 0.1) is 0 Å². The summed E-state index contributed by atoms with van der Waals surface area (Å²) in [6.45, 7) is 6.44. The van der Waals surface area contributed by atoms with E-state index in [9.17, 15) is 0 Å². The van der Waals surface area contributed by atoms with Gasteiger partial charge in [-0.25, -0.2) is 0 Å². The zero-order valence-electron chi connectivity index (χ0n) is 14.3. The van der Waals surface area contributed by atoms with Gasteiger partial charge in [0.05, 0.1) is 6.10 Å². The van der Waals surface area contributed by atoms with Crippen molar-refractivity contribution in [3.8, 4) is 5.75 Å². The molecule has 1 aliphatic rings. The maximum Gasteiger partial charge on any atom is 0.197 e. The van der Waals surface area contributed by atoms with E-state index in [1.807, 2.05) is 19.1 Å². The molecule has 0 radical (unpaired) electrons. The van der Waals surface area contributed by atoms with E-state index in [1.165, 1.54) is 16.7 Å². The van der Waals surface area contributed by atoms with Crippen molar-refractivity contribution in [3.63, 3.8) is 0 Å². The molecule has 0 bridgehead atoms. The van der Waals surface area contributed by atoms with E-state index in [4.69, 9.17) is 9.47 Å². The summed E-state index contributed by atoms with van der Waals surface area (Å²) in [4.78, 5) is 0. The first kappa shape index (κ1) is 16.1. The Morgan fingerprint density at radius 2 is 1.78 bits per heavy atom. The third-order valence-corrected chi connectivity index (χ3v) is 4.80. The molecule has 0 amide bonds. The quantitative estimate of drug-likeness (QED) is 0.644. The van der Waals surface area contributed by atoms with Crippen molar-refractivity contribution in [2.24, 2.45) is 0 Å². The zero-order valence-corrected chi connectivity index (χ0v) is 14.3. The standard InChI is InChI=1S/C21H26O2/c1-4-15(2)17-9-12-19(13-10-17)22-16(3)23-21-14-11-18-7-5-6-8-20(18)21/h5-10,12-13,15-16,21H,4,11,14H2,1-3H3. The lowest BCUT2D eigenvalue weighted by molar-refractivity contribution is -0.108. The van der Waals surface area contributed by atoms with Gasteiger partial charge in [0.2, 0.25) is 0 Å². The Balaban J connectivity index is 1.59. The lowest BCUT2D eigenvalue weighted by Crippen LogP contribution is -2.18. The summed E-state index contributed by atoms with van der Waals surface area (Å²) in [5.41, 5.74) is 4.08. The van der Waals surface area contributed by atoms with Crippen LogP contribution >= 0.6 is 0 Å². The average molecular weight is 310 g/mol. The molecule has 0 spiro atoms. The summed E-state index contributed by atoms with van der Waals surface area (Å²) in [6, 6.07) is 16.9. The summed E-state index contributed by atoms with van der Waals surface area (Å²) in [5.74, 6) is 1.46. The second-order valence-corrected chi connectivity index (χ2v) is 6.43. The van der Waals surface area contributed by atoms with Gasteiger partial charge in [-0.2, -0.15) is 0 Å². The predicted molar refractivity (Wildman–Crippen MR) is 93.8 cm³/mol. The average Bonchev–Trinajstić information content (AvgIpc) is 2.98. The van der Waals surface area contributed by atoms with E-state index in [-0.39, 0.29) is 12.4 Å². The van der Waals surface area contributed by atoms with E-state index < -0.39 is 0 Å². The van der Waals surface area contributed by atoms with E-state index in [0.29, 0.717) is 5.92 Å². The Kier molecular flexibility index (Phi) is 5.02. The molecule has 2 nitrogen and oxygen atoms in total. The Bertz CT molecular complexity index is 633. The van der Waals surface area contributed by atoms with Crippen LogP contribution in [0.5, 0.6) is 5.75 Å². The fourth-order valence-corrected chi connectivity index (χ4v) is 3.22. The van der Waals surface area contributed by atoms with Crippen LogP contribution in [0.15, 0.2) is 48.5 Å². The highest BCUT2D eigenvalue weighted by atomic mass is 16.7. The minimum atomic E-state index is -0.249. The predicted octanol–water partition coefficient (Wildman–Crippen LogP) is 5.63. The van der Waals surface area contributed by atoms with Crippen LogP contribution in [0.4, 0.5) is 0 Å². The molecule has 23 heavy (non-hydrogen) atoms. The molecule has 3 atom stereocenters.